The van der Waals surface area contributed by atoms with Crippen molar-refractivity contribution >= 4 is 23.2 Å². The molecule has 25 heavy (non-hydrogen) atoms. The molecule has 2 aromatic carbocycles. The summed E-state index contributed by atoms with van der Waals surface area (Å²) in [5, 5.41) is 5.39. The summed E-state index contributed by atoms with van der Waals surface area (Å²) < 4.78 is 5.77. The molecule has 1 aromatic heterocycles. The van der Waals surface area contributed by atoms with Gasteiger partial charge in [-0.1, -0.05) is 36.4 Å². The normalized spacial score (nSPS) is 10.1. The molecule has 0 radical (unpaired) electrons. The van der Waals surface area contributed by atoms with E-state index in [0.29, 0.717) is 29.5 Å². The zero-order valence-electron chi connectivity index (χ0n) is 13.5. The first-order chi connectivity index (χ1) is 12.2. The topological polar surface area (TPSA) is 89.3 Å². The number of carbonyl (C=O) groups excluding carboxylic acids is 1. The Balaban J connectivity index is 1.65. The first-order valence-corrected chi connectivity index (χ1v) is 7.76. The summed E-state index contributed by atoms with van der Waals surface area (Å²) in [6.45, 7) is 0.387. The van der Waals surface area contributed by atoms with Gasteiger partial charge in [0.15, 0.2) is 11.6 Å². The molecule has 2 amide bonds. The molecule has 0 unspecified atom stereocenters. The minimum absolute atomic E-state index is 0.347. The van der Waals surface area contributed by atoms with Crippen LogP contribution in [-0.4, -0.2) is 11.0 Å². The fraction of sp³-hybridized carbons (Fsp3) is 0.0526. The monoisotopic (exact) mass is 334 g/mol. The van der Waals surface area contributed by atoms with Crippen LogP contribution in [-0.2, 0) is 6.61 Å². The van der Waals surface area contributed by atoms with Crippen molar-refractivity contribution in [1.82, 2.24) is 4.98 Å². The predicted molar refractivity (Wildman–Crippen MR) is 98.5 cm³/mol. The Morgan fingerprint density at radius 2 is 1.84 bits per heavy atom. The summed E-state index contributed by atoms with van der Waals surface area (Å²) in [6.07, 6.45) is 1.59. The minimum atomic E-state index is -0.422. The van der Waals surface area contributed by atoms with Gasteiger partial charge in [0.05, 0.1) is 0 Å². The molecule has 0 aliphatic rings. The number of rotatable bonds is 5. The summed E-state index contributed by atoms with van der Waals surface area (Å²) in [4.78, 5) is 16.3. The second kappa shape index (κ2) is 7.83. The number of amides is 2. The van der Waals surface area contributed by atoms with Crippen LogP contribution < -0.4 is 21.1 Å². The Hall–Kier alpha value is -3.54. The molecule has 6 heteroatoms. The van der Waals surface area contributed by atoms with Gasteiger partial charge in [0.2, 0.25) is 0 Å². The molecule has 0 fully saturated rings. The van der Waals surface area contributed by atoms with Crippen molar-refractivity contribution in [3.05, 3.63) is 78.5 Å². The van der Waals surface area contributed by atoms with Gasteiger partial charge in [0.25, 0.3) is 0 Å². The number of benzene rings is 2. The molecular formula is C19H18N4O2. The number of hydrogen-bond acceptors (Lipinski definition) is 4. The number of urea groups is 1. The third-order valence-electron chi connectivity index (χ3n) is 3.38. The quantitative estimate of drug-likeness (QED) is 0.618. The average Bonchev–Trinajstić information content (AvgIpc) is 2.62. The van der Waals surface area contributed by atoms with E-state index in [4.69, 9.17) is 10.5 Å². The van der Waals surface area contributed by atoms with Crippen molar-refractivity contribution in [2.24, 2.45) is 0 Å². The lowest BCUT2D eigenvalue weighted by Crippen LogP contribution is -2.20. The number of nitrogens with two attached hydrogens (primary N) is 1. The van der Waals surface area contributed by atoms with E-state index in [9.17, 15) is 4.79 Å². The lowest BCUT2D eigenvalue weighted by molar-refractivity contribution is 0.261. The number of hydrogen-bond donors (Lipinski definition) is 3. The molecule has 0 aliphatic heterocycles. The van der Waals surface area contributed by atoms with E-state index in [2.05, 4.69) is 15.6 Å². The maximum atomic E-state index is 12.2. The summed E-state index contributed by atoms with van der Waals surface area (Å²) >= 11 is 0. The second-order valence-electron chi connectivity index (χ2n) is 5.33. The molecule has 0 aliphatic carbocycles. The number of carbonyl (C=O) groups is 1. The highest BCUT2D eigenvalue weighted by atomic mass is 16.5. The largest absolute Gasteiger partial charge is 0.485 e. The number of pyridine rings is 1. The lowest BCUT2D eigenvalue weighted by atomic mass is 10.2. The van der Waals surface area contributed by atoms with E-state index in [0.717, 1.165) is 5.56 Å². The SMILES string of the molecule is Nc1cccc(NC(=O)Nc2ncccc2OCc2ccccc2)c1. The standard InChI is InChI=1S/C19H18N4O2/c20-15-8-4-9-16(12-15)22-19(24)23-18-17(10-5-11-21-18)25-13-14-6-2-1-3-7-14/h1-12H,13,20H2,(H2,21,22,23,24). The van der Waals surface area contributed by atoms with E-state index < -0.39 is 6.03 Å². The Labute approximate surface area is 145 Å². The Morgan fingerprint density at radius 1 is 1.00 bits per heavy atom. The number of nitrogens with zero attached hydrogens (tertiary/aromatic N) is 1. The number of ether oxygens (including phenoxy) is 1. The van der Waals surface area contributed by atoms with Crippen molar-refractivity contribution in [2.45, 2.75) is 6.61 Å². The second-order valence-corrected chi connectivity index (χ2v) is 5.33. The van der Waals surface area contributed by atoms with Gasteiger partial charge in [-0.25, -0.2) is 9.78 Å². The fourth-order valence-electron chi connectivity index (χ4n) is 2.22. The highest BCUT2D eigenvalue weighted by Crippen LogP contribution is 2.22. The van der Waals surface area contributed by atoms with Crippen LogP contribution in [0.1, 0.15) is 5.56 Å². The fourth-order valence-corrected chi connectivity index (χ4v) is 2.22. The summed E-state index contributed by atoms with van der Waals surface area (Å²) in [5.74, 6) is 0.842. The number of aromatic nitrogens is 1. The molecule has 3 aromatic rings. The summed E-state index contributed by atoms with van der Waals surface area (Å²) in [7, 11) is 0. The van der Waals surface area contributed by atoms with E-state index in [1.165, 1.54) is 0 Å². The molecule has 6 nitrogen and oxygen atoms in total. The number of nitrogen functional groups attached to an aromatic ring is 1. The molecule has 0 atom stereocenters. The van der Waals surface area contributed by atoms with Gasteiger partial charge >= 0.3 is 6.03 Å². The van der Waals surface area contributed by atoms with Gasteiger partial charge in [0.1, 0.15) is 6.61 Å². The Morgan fingerprint density at radius 3 is 2.64 bits per heavy atom. The molecule has 0 bridgehead atoms. The molecule has 4 N–H and O–H groups in total. The number of anilines is 3. The Kier molecular flexibility index (Phi) is 5.11. The van der Waals surface area contributed by atoms with Crippen LogP contribution in [0, 0.1) is 0 Å². The zero-order chi connectivity index (χ0) is 17.5. The first-order valence-electron chi connectivity index (χ1n) is 7.76. The maximum Gasteiger partial charge on any atom is 0.324 e. The predicted octanol–water partition coefficient (Wildman–Crippen LogP) is 3.89. The maximum absolute atomic E-state index is 12.2. The molecule has 3 rings (SSSR count). The van der Waals surface area contributed by atoms with Crippen molar-refractivity contribution in [3.8, 4) is 5.75 Å². The number of nitrogens with one attached hydrogen (secondary N) is 2. The molecule has 1 heterocycles. The molecule has 126 valence electrons. The van der Waals surface area contributed by atoms with Gasteiger partial charge in [0, 0.05) is 17.6 Å². The summed E-state index contributed by atoms with van der Waals surface area (Å²) in [6, 6.07) is 19.8. The van der Waals surface area contributed by atoms with Crippen LogP contribution >= 0.6 is 0 Å². The third-order valence-corrected chi connectivity index (χ3v) is 3.38. The minimum Gasteiger partial charge on any atom is -0.485 e. The molecule has 0 saturated carbocycles. The van der Waals surface area contributed by atoms with Crippen LogP contribution in [0.15, 0.2) is 72.9 Å². The Bertz CT molecular complexity index is 853. The average molecular weight is 334 g/mol. The van der Waals surface area contributed by atoms with Crippen molar-refractivity contribution in [3.63, 3.8) is 0 Å². The third kappa shape index (κ3) is 4.71. The molecule has 0 spiro atoms. The van der Waals surface area contributed by atoms with Gasteiger partial charge in [-0.3, -0.25) is 5.32 Å². The van der Waals surface area contributed by atoms with E-state index in [1.807, 2.05) is 30.3 Å². The van der Waals surface area contributed by atoms with Crippen LogP contribution in [0.2, 0.25) is 0 Å². The van der Waals surface area contributed by atoms with Gasteiger partial charge in [-0.05, 0) is 35.9 Å². The van der Waals surface area contributed by atoms with Crippen LogP contribution in [0.4, 0.5) is 22.0 Å². The smallest absolute Gasteiger partial charge is 0.324 e. The van der Waals surface area contributed by atoms with Crippen molar-refractivity contribution in [1.29, 1.82) is 0 Å². The highest BCUT2D eigenvalue weighted by molar-refractivity contribution is 6.00. The zero-order valence-corrected chi connectivity index (χ0v) is 13.5. The van der Waals surface area contributed by atoms with Gasteiger partial charge < -0.3 is 15.8 Å². The molecular weight excluding hydrogens is 316 g/mol. The molecule has 0 saturated heterocycles. The van der Waals surface area contributed by atoms with E-state index in [-0.39, 0.29) is 0 Å². The first kappa shape index (κ1) is 16.3. The van der Waals surface area contributed by atoms with E-state index >= 15 is 0 Å². The van der Waals surface area contributed by atoms with Crippen molar-refractivity contribution in [2.75, 3.05) is 16.4 Å². The van der Waals surface area contributed by atoms with Crippen LogP contribution in [0.3, 0.4) is 0 Å². The van der Waals surface area contributed by atoms with E-state index in [1.54, 1.807) is 42.6 Å². The summed E-state index contributed by atoms with van der Waals surface area (Å²) in [5.41, 5.74) is 7.90. The van der Waals surface area contributed by atoms with Gasteiger partial charge in [-0.15, -0.1) is 0 Å². The van der Waals surface area contributed by atoms with Gasteiger partial charge in [-0.2, -0.15) is 0 Å². The van der Waals surface area contributed by atoms with Crippen LogP contribution in [0.5, 0.6) is 5.75 Å². The lowest BCUT2D eigenvalue weighted by Gasteiger charge is -2.12. The highest BCUT2D eigenvalue weighted by Gasteiger charge is 2.09. The van der Waals surface area contributed by atoms with Crippen LogP contribution in [0.25, 0.3) is 0 Å². The van der Waals surface area contributed by atoms with Crippen molar-refractivity contribution < 1.29 is 9.53 Å².